The molecule has 0 spiro atoms. The fraction of sp³-hybridized carbons (Fsp3) is 0.154. The maximum absolute atomic E-state index is 5.42. The molecule has 0 radical (unpaired) electrons. The number of para-hydroxylation sites is 1. The van der Waals surface area contributed by atoms with Gasteiger partial charge in [0.15, 0.2) is 0 Å². The summed E-state index contributed by atoms with van der Waals surface area (Å²) in [6.07, 6.45) is 9.67. The van der Waals surface area contributed by atoms with Crippen LogP contribution in [0.25, 0.3) is 12.2 Å². The number of allylic oxidation sites excluding steroid dienone is 1. The van der Waals surface area contributed by atoms with Crippen molar-refractivity contribution in [1.29, 1.82) is 0 Å². The van der Waals surface area contributed by atoms with Crippen molar-refractivity contribution in [3.05, 3.63) is 114 Å². The van der Waals surface area contributed by atoms with Gasteiger partial charge in [0.25, 0.3) is 0 Å². The fourth-order valence-corrected chi connectivity index (χ4v) is 3.08. The number of rotatable bonds is 1. The molecule has 136 valence electrons. The number of aryl methyl sites for hydroxylation is 1. The van der Waals surface area contributed by atoms with Crippen LogP contribution in [0.15, 0.2) is 91.5 Å². The number of fused-ring (bicyclic) bond motifs is 2. The molecule has 0 unspecified atom stereocenters. The van der Waals surface area contributed by atoms with Crippen molar-refractivity contribution in [1.82, 2.24) is 0 Å². The van der Waals surface area contributed by atoms with Gasteiger partial charge in [-0.1, -0.05) is 97.6 Å². The lowest BCUT2D eigenvalue weighted by Crippen LogP contribution is -2.07. The van der Waals surface area contributed by atoms with Gasteiger partial charge in [0, 0.05) is 0 Å². The van der Waals surface area contributed by atoms with Crippen molar-refractivity contribution in [2.24, 2.45) is 0 Å². The van der Waals surface area contributed by atoms with Crippen LogP contribution >= 0.6 is 0 Å². The molecule has 0 aromatic heterocycles. The molecular formula is C26H26O. The van der Waals surface area contributed by atoms with Crippen molar-refractivity contribution in [2.45, 2.75) is 19.3 Å². The third-order valence-electron chi connectivity index (χ3n) is 4.55. The van der Waals surface area contributed by atoms with E-state index in [2.05, 4.69) is 55.1 Å². The standard InChI is InChI=1S/C9H10O.C9H8.C8H8/c1-2-6-9-8(4-1)5-3-7-10-9;1-2-5-9-7-3-6-8(9)4-1;1-2-8-6-4-3-5-7-8/h1-2,4,6H,3,5,7H2;1-6H,7H2;2-7H,1H2. The molecule has 1 aliphatic heterocycles. The van der Waals surface area contributed by atoms with Crippen LogP contribution in [-0.4, -0.2) is 6.61 Å². The largest absolute Gasteiger partial charge is 0.493 e. The molecule has 1 heterocycles. The Labute approximate surface area is 162 Å². The van der Waals surface area contributed by atoms with Gasteiger partial charge < -0.3 is 4.74 Å². The Bertz CT molecular complexity index is 852. The van der Waals surface area contributed by atoms with Crippen LogP contribution in [0.5, 0.6) is 5.75 Å². The smallest absolute Gasteiger partial charge is 0.122 e. The average Bonchev–Trinajstić information content (AvgIpc) is 3.24. The molecule has 0 fully saturated rings. The molecule has 2 aliphatic rings. The second kappa shape index (κ2) is 10.2. The minimum Gasteiger partial charge on any atom is -0.493 e. The Morgan fingerprint density at radius 3 is 2.19 bits per heavy atom. The second-order valence-corrected chi connectivity index (χ2v) is 6.48. The molecule has 1 nitrogen and oxygen atoms in total. The maximum atomic E-state index is 5.42. The van der Waals surface area contributed by atoms with E-state index in [1.54, 1.807) is 0 Å². The Morgan fingerprint density at radius 1 is 0.778 bits per heavy atom. The summed E-state index contributed by atoms with van der Waals surface area (Å²) in [5, 5.41) is 0. The van der Waals surface area contributed by atoms with Crippen molar-refractivity contribution in [3.63, 3.8) is 0 Å². The summed E-state index contributed by atoms with van der Waals surface area (Å²) in [7, 11) is 0. The Hall–Kier alpha value is -3.06. The SMILES string of the molecule is C1=Cc2ccccc2C1.C=Cc1ccccc1.c1ccc2c(c1)CCCO2. The first-order valence-electron chi connectivity index (χ1n) is 9.49. The lowest BCUT2D eigenvalue weighted by Gasteiger charge is -2.15. The third kappa shape index (κ3) is 5.72. The molecule has 5 rings (SSSR count). The summed E-state index contributed by atoms with van der Waals surface area (Å²) < 4.78 is 5.42. The highest BCUT2D eigenvalue weighted by atomic mass is 16.5. The van der Waals surface area contributed by atoms with Crippen LogP contribution in [0, 0.1) is 0 Å². The van der Waals surface area contributed by atoms with E-state index >= 15 is 0 Å². The predicted molar refractivity (Wildman–Crippen MR) is 116 cm³/mol. The van der Waals surface area contributed by atoms with E-state index < -0.39 is 0 Å². The number of ether oxygens (including phenoxy) is 1. The van der Waals surface area contributed by atoms with Crippen LogP contribution in [0.2, 0.25) is 0 Å². The molecule has 0 bridgehead atoms. The van der Waals surface area contributed by atoms with Gasteiger partial charge in [-0.3, -0.25) is 0 Å². The van der Waals surface area contributed by atoms with Crippen molar-refractivity contribution < 1.29 is 4.74 Å². The van der Waals surface area contributed by atoms with Gasteiger partial charge in [0.1, 0.15) is 5.75 Å². The lowest BCUT2D eigenvalue weighted by molar-refractivity contribution is 0.288. The van der Waals surface area contributed by atoms with E-state index in [0.717, 1.165) is 25.2 Å². The van der Waals surface area contributed by atoms with E-state index in [4.69, 9.17) is 4.74 Å². The summed E-state index contributed by atoms with van der Waals surface area (Å²) in [5.74, 6) is 1.08. The van der Waals surface area contributed by atoms with Crippen LogP contribution < -0.4 is 4.74 Å². The molecular weight excluding hydrogens is 328 g/mol. The quantitative estimate of drug-likeness (QED) is 0.478. The van der Waals surface area contributed by atoms with Gasteiger partial charge in [-0.25, -0.2) is 0 Å². The van der Waals surface area contributed by atoms with Crippen LogP contribution in [0.3, 0.4) is 0 Å². The van der Waals surface area contributed by atoms with Gasteiger partial charge in [0.2, 0.25) is 0 Å². The van der Waals surface area contributed by atoms with Crippen LogP contribution in [0.4, 0.5) is 0 Å². The lowest BCUT2D eigenvalue weighted by atomic mass is 10.1. The maximum Gasteiger partial charge on any atom is 0.122 e. The summed E-state index contributed by atoms with van der Waals surface area (Å²) in [5.41, 5.74) is 5.37. The summed E-state index contributed by atoms with van der Waals surface area (Å²) >= 11 is 0. The average molecular weight is 354 g/mol. The van der Waals surface area contributed by atoms with Crippen molar-refractivity contribution in [2.75, 3.05) is 6.61 Å². The fourth-order valence-electron chi connectivity index (χ4n) is 3.08. The van der Waals surface area contributed by atoms with E-state index in [1.165, 1.54) is 28.7 Å². The van der Waals surface area contributed by atoms with Crippen molar-refractivity contribution in [3.8, 4) is 5.75 Å². The highest BCUT2D eigenvalue weighted by Gasteiger charge is 2.07. The van der Waals surface area contributed by atoms with Crippen LogP contribution in [-0.2, 0) is 12.8 Å². The molecule has 3 aromatic rings. The van der Waals surface area contributed by atoms with Gasteiger partial charge in [-0.05, 0) is 47.6 Å². The first-order chi connectivity index (χ1) is 13.4. The van der Waals surface area contributed by atoms with E-state index in [-0.39, 0.29) is 0 Å². The number of hydrogen-bond acceptors (Lipinski definition) is 1. The first kappa shape index (κ1) is 18.7. The topological polar surface area (TPSA) is 9.23 Å². The van der Waals surface area contributed by atoms with Crippen LogP contribution in [0.1, 0.15) is 28.7 Å². The van der Waals surface area contributed by atoms with Gasteiger partial charge in [-0.15, -0.1) is 0 Å². The normalized spacial score (nSPS) is 12.9. The van der Waals surface area contributed by atoms with Gasteiger partial charge in [-0.2, -0.15) is 0 Å². The van der Waals surface area contributed by atoms with Gasteiger partial charge in [0.05, 0.1) is 6.61 Å². The molecule has 27 heavy (non-hydrogen) atoms. The highest BCUT2D eigenvalue weighted by molar-refractivity contribution is 5.59. The second-order valence-electron chi connectivity index (χ2n) is 6.48. The first-order valence-corrected chi connectivity index (χ1v) is 9.49. The molecule has 0 atom stereocenters. The molecule has 1 heteroatoms. The van der Waals surface area contributed by atoms with Crippen molar-refractivity contribution >= 4 is 12.2 Å². The van der Waals surface area contributed by atoms with E-state index in [0.29, 0.717) is 0 Å². The molecule has 0 N–H and O–H groups in total. The summed E-state index contributed by atoms with van der Waals surface area (Å²) in [6, 6.07) is 26.8. The zero-order chi connectivity index (χ0) is 18.7. The Kier molecular flexibility index (Phi) is 7.06. The Morgan fingerprint density at radius 2 is 1.48 bits per heavy atom. The molecule has 0 amide bonds. The summed E-state index contributed by atoms with van der Waals surface area (Å²) in [6.45, 7) is 4.52. The zero-order valence-electron chi connectivity index (χ0n) is 15.7. The molecule has 0 saturated carbocycles. The minimum absolute atomic E-state index is 0.886. The molecule has 3 aromatic carbocycles. The van der Waals surface area contributed by atoms with E-state index in [1.807, 2.05) is 48.5 Å². The Balaban J connectivity index is 0.000000118. The monoisotopic (exact) mass is 354 g/mol. The molecule has 0 saturated heterocycles. The molecule has 1 aliphatic carbocycles. The van der Waals surface area contributed by atoms with Gasteiger partial charge >= 0.3 is 0 Å². The van der Waals surface area contributed by atoms with E-state index in [9.17, 15) is 0 Å². The zero-order valence-corrected chi connectivity index (χ0v) is 15.7. The minimum atomic E-state index is 0.886. The predicted octanol–water partition coefficient (Wildman–Crippen LogP) is 6.60. The third-order valence-corrected chi connectivity index (χ3v) is 4.55. The number of hydrogen-bond donors (Lipinski definition) is 0. The number of benzene rings is 3. The highest BCUT2D eigenvalue weighted by Crippen LogP contribution is 2.23. The summed E-state index contributed by atoms with van der Waals surface area (Å²) in [4.78, 5) is 0.